The Balaban J connectivity index is 1.43. The first kappa shape index (κ1) is 27.4. The molecule has 0 radical (unpaired) electrons. The number of nitrogens with zero attached hydrogens (tertiary/aromatic N) is 6. The third-order valence-electron chi connectivity index (χ3n) is 7.03. The Labute approximate surface area is 231 Å². The van der Waals surface area contributed by atoms with Crippen LogP contribution in [0, 0.1) is 18.6 Å². The standard InChI is InChI=1S/C28H32F2N8O2/c1-5-37(4)28(39)23-26(35-22-7-6-18(14-31-22)15-38-10-8-36(3)9-11-38)32-16-33-27(23)40-21-13-20(29)25-19(24(21)30)12-17(2)34-25/h6-7,12-14,16,34H,5,8-11,15H2,1-4H3,(H,31,32,33,35). The van der Waals surface area contributed by atoms with Crippen LogP contribution in [0.1, 0.15) is 28.5 Å². The molecule has 40 heavy (non-hydrogen) atoms. The number of carbonyl (C=O) groups excluding carboxylic acids is 1. The van der Waals surface area contributed by atoms with Gasteiger partial charge in [-0.2, -0.15) is 0 Å². The third-order valence-corrected chi connectivity index (χ3v) is 7.03. The molecule has 1 aromatic carbocycles. The largest absolute Gasteiger partial charge is 0.435 e. The van der Waals surface area contributed by atoms with Crippen LogP contribution in [0.15, 0.2) is 36.8 Å². The van der Waals surface area contributed by atoms with E-state index in [9.17, 15) is 9.18 Å². The Morgan fingerprint density at radius 3 is 2.62 bits per heavy atom. The van der Waals surface area contributed by atoms with Crippen LogP contribution < -0.4 is 10.1 Å². The Bertz CT molecular complexity index is 1520. The van der Waals surface area contributed by atoms with Gasteiger partial charge < -0.3 is 24.8 Å². The van der Waals surface area contributed by atoms with Gasteiger partial charge in [0.1, 0.15) is 17.7 Å². The van der Waals surface area contributed by atoms with Crippen molar-refractivity contribution in [3.05, 3.63) is 65.2 Å². The second-order valence-corrected chi connectivity index (χ2v) is 9.99. The highest BCUT2D eigenvalue weighted by Crippen LogP contribution is 2.35. The molecule has 0 aliphatic carbocycles. The molecule has 1 aliphatic rings. The number of anilines is 2. The van der Waals surface area contributed by atoms with Gasteiger partial charge in [0, 0.05) is 69.7 Å². The molecule has 210 valence electrons. The van der Waals surface area contributed by atoms with Crippen molar-refractivity contribution in [3.8, 4) is 11.6 Å². The first-order chi connectivity index (χ1) is 19.2. The number of fused-ring (bicyclic) bond motifs is 1. The first-order valence-electron chi connectivity index (χ1n) is 13.1. The summed E-state index contributed by atoms with van der Waals surface area (Å²) in [6.07, 6.45) is 2.97. The van der Waals surface area contributed by atoms with Crippen LogP contribution in [-0.4, -0.2) is 87.4 Å². The van der Waals surface area contributed by atoms with Gasteiger partial charge in [0.2, 0.25) is 5.88 Å². The highest BCUT2D eigenvalue weighted by Gasteiger charge is 2.26. The van der Waals surface area contributed by atoms with E-state index >= 15 is 4.39 Å². The molecule has 10 nitrogen and oxygen atoms in total. The number of nitrogens with one attached hydrogen (secondary N) is 2. The molecule has 5 rings (SSSR count). The number of pyridine rings is 1. The first-order valence-corrected chi connectivity index (χ1v) is 13.1. The molecule has 12 heteroatoms. The number of aryl methyl sites for hydroxylation is 1. The number of hydrogen-bond acceptors (Lipinski definition) is 8. The third kappa shape index (κ3) is 5.73. The number of amides is 1. The number of aromatic nitrogens is 4. The van der Waals surface area contributed by atoms with Crippen molar-refractivity contribution < 1.29 is 18.3 Å². The van der Waals surface area contributed by atoms with Gasteiger partial charge in [0.25, 0.3) is 5.91 Å². The number of carbonyl (C=O) groups is 1. The molecule has 1 fully saturated rings. The number of rotatable bonds is 8. The van der Waals surface area contributed by atoms with Gasteiger partial charge in [-0.15, -0.1) is 0 Å². The van der Waals surface area contributed by atoms with Crippen molar-refractivity contribution >= 4 is 28.4 Å². The molecule has 0 unspecified atom stereocenters. The second-order valence-electron chi connectivity index (χ2n) is 9.99. The number of halogens is 2. The fraction of sp³-hybridized carbons (Fsp3) is 0.357. The van der Waals surface area contributed by atoms with E-state index in [2.05, 4.69) is 42.1 Å². The highest BCUT2D eigenvalue weighted by molar-refractivity contribution is 6.01. The van der Waals surface area contributed by atoms with Crippen LogP contribution in [0.4, 0.5) is 20.4 Å². The zero-order chi connectivity index (χ0) is 28.4. The van der Waals surface area contributed by atoms with Crippen LogP contribution in [0.2, 0.25) is 0 Å². The summed E-state index contributed by atoms with van der Waals surface area (Å²) < 4.78 is 35.8. The molecule has 1 amide bonds. The van der Waals surface area contributed by atoms with Crippen LogP contribution >= 0.6 is 0 Å². The van der Waals surface area contributed by atoms with Gasteiger partial charge >= 0.3 is 0 Å². The van der Waals surface area contributed by atoms with Gasteiger partial charge in [-0.3, -0.25) is 9.69 Å². The molecule has 4 aromatic rings. The lowest BCUT2D eigenvalue weighted by atomic mass is 10.2. The number of benzene rings is 1. The van der Waals surface area contributed by atoms with Gasteiger partial charge in [-0.25, -0.2) is 23.7 Å². The molecule has 0 spiro atoms. The number of likely N-dealkylation sites (N-methyl/N-ethyl adjacent to an activating group) is 1. The Kier molecular flexibility index (Phi) is 7.90. The van der Waals surface area contributed by atoms with Crippen molar-refractivity contribution in [2.24, 2.45) is 0 Å². The number of H-pyrrole nitrogens is 1. The summed E-state index contributed by atoms with van der Waals surface area (Å²) in [6.45, 7) is 8.76. The fourth-order valence-corrected chi connectivity index (χ4v) is 4.56. The average molecular weight is 551 g/mol. The van der Waals surface area contributed by atoms with E-state index in [0.717, 1.165) is 44.4 Å². The van der Waals surface area contributed by atoms with Crippen LogP contribution in [0.5, 0.6) is 11.6 Å². The summed E-state index contributed by atoms with van der Waals surface area (Å²) in [5.74, 6) is -1.92. The van der Waals surface area contributed by atoms with E-state index in [1.807, 2.05) is 19.1 Å². The van der Waals surface area contributed by atoms with E-state index in [4.69, 9.17) is 4.74 Å². The maximum atomic E-state index is 15.3. The maximum absolute atomic E-state index is 15.3. The van der Waals surface area contributed by atoms with Crippen molar-refractivity contribution in [3.63, 3.8) is 0 Å². The molecule has 3 aromatic heterocycles. The molecule has 1 saturated heterocycles. The van der Waals surface area contributed by atoms with Gasteiger partial charge in [0.15, 0.2) is 23.2 Å². The average Bonchev–Trinajstić information content (AvgIpc) is 3.35. The van der Waals surface area contributed by atoms with Gasteiger partial charge in [-0.05, 0) is 38.6 Å². The lowest BCUT2D eigenvalue weighted by Gasteiger charge is -2.32. The second kappa shape index (κ2) is 11.5. The van der Waals surface area contributed by atoms with E-state index in [-0.39, 0.29) is 28.2 Å². The molecular formula is C28H32F2N8O2. The van der Waals surface area contributed by atoms with E-state index in [1.165, 1.54) is 17.3 Å². The predicted octanol–water partition coefficient (Wildman–Crippen LogP) is 4.31. The maximum Gasteiger partial charge on any atom is 0.262 e. The fourth-order valence-electron chi connectivity index (χ4n) is 4.56. The van der Waals surface area contributed by atoms with E-state index in [0.29, 0.717) is 18.1 Å². The van der Waals surface area contributed by atoms with Crippen molar-refractivity contribution in [2.45, 2.75) is 20.4 Å². The number of piperazine rings is 1. The van der Waals surface area contributed by atoms with Gasteiger partial charge in [-0.1, -0.05) is 6.07 Å². The van der Waals surface area contributed by atoms with Crippen LogP contribution in [-0.2, 0) is 6.54 Å². The van der Waals surface area contributed by atoms with Crippen molar-refractivity contribution in [1.82, 2.24) is 34.6 Å². The van der Waals surface area contributed by atoms with Crippen LogP contribution in [0.25, 0.3) is 10.9 Å². The van der Waals surface area contributed by atoms with Crippen LogP contribution in [0.3, 0.4) is 0 Å². The molecule has 2 N–H and O–H groups in total. The number of ether oxygens (including phenoxy) is 1. The summed E-state index contributed by atoms with van der Waals surface area (Å²) in [4.78, 5) is 35.2. The Morgan fingerprint density at radius 2 is 1.93 bits per heavy atom. The lowest BCUT2D eigenvalue weighted by molar-refractivity contribution is 0.0799. The normalized spacial score (nSPS) is 14.4. The summed E-state index contributed by atoms with van der Waals surface area (Å²) in [7, 11) is 3.74. The monoisotopic (exact) mass is 550 g/mol. The highest BCUT2D eigenvalue weighted by atomic mass is 19.1. The Morgan fingerprint density at radius 1 is 1.15 bits per heavy atom. The molecule has 0 atom stereocenters. The van der Waals surface area contributed by atoms with Crippen molar-refractivity contribution in [1.29, 1.82) is 0 Å². The molecular weight excluding hydrogens is 518 g/mol. The summed E-state index contributed by atoms with van der Waals surface area (Å²) >= 11 is 0. The molecule has 0 saturated carbocycles. The number of aromatic amines is 1. The zero-order valence-corrected chi connectivity index (χ0v) is 23.0. The SMILES string of the molecule is CCN(C)C(=O)c1c(Nc2ccc(CN3CCN(C)CC3)cn2)ncnc1Oc1cc(F)c2[nH]c(C)cc2c1F. The summed E-state index contributed by atoms with van der Waals surface area (Å²) in [5, 5.41) is 3.11. The summed E-state index contributed by atoms with van der Waals surface area (Å²) in [5.41, 5.74) is 1.68. The topological polar surface area (TPSA) is 103 Å². The van der Waals surface area contributed by atoms with Gasteiger partial charge in [0.05, 0.1) is 5.52 Å². The molecule has 1 aliphatic heterocycles. The van der Waals surface area contributed by atoms with E-state index in [1.54, 1.807) is 20.2 Å². The minimum atomic E-state index is -0.770. The lowest BCUT2D eigenvalue weighted by Crippen LogP contribution is -2.43. The minimum Gasteiger partial charge on any atom is -0.435 e. The quantitative estimate of drug-likeness (QED) is 0.335. The smallest absolute Gasteiger partial charge is 0.262 e. The van der Waals surface area contributed by atoms with E-state index < -0.39 is 23.3 Å². The minimum absolute atomic E-state index is 0.0275. The molecule has 4 heterocycles. The zero-order valence-electron chi connectivity index (χ0n) is 23.0. The Hall–Kier alpha value is -4.16. The summed E-state index contributed by atoms with van der Waals surface area (Å²) in [6, 6.07) is 6.20. The van der Waals surface area contributed by atoms with Crippen molar-refractivity contribution in [2.75, 3.05) is 52.1 Å². The molecule has 0 bridgehead atoms. The number of hydrogen-bond donors (Lipinski definition) is 2. The predicted molar refractivity (Wildman–Crippen MR) is 148 cm³/mol.